The molecule has 0 rings (SSSR count). The Morgan fingerprint density at radius 2 is 1.75 bits per heavy atom. The average molecular weight is 171 g/mol. The maximum Gasteiger partial charge on any atom is 0.101 e. The predicted molar refractivity (Wildman–Crippen MR) is 53.8 cm³/mol. The second kappa shape index (κ2) is 5.31. The Balaban J connectivity index is 4.29. The third kappa shape index (κ3) is 2.94. The van der Waals surface area contributed by atoms with Gasteiger partial charge in [0.1, 0.15) is 5.60 Å². The van der Waals surface area contributed by atoms with E-state index in [9.17, 15) is 5.11 Å². The first-order valence-corrected chi connectivity index (χ1v) is 4.84. The van der Waals surface area contributed by atoms with E-state index in [-0.39, 0.29) is 0 Å². The van der Waals surface area contributed by atoms with Gasteiger partial charge in [0, 0.05) is 12.3 Å². The van der Waals surface area contributed by atoms with Gasteiger partial charge in [-0.15, -0.1) is 0 Å². The molecule has 1 N–H and O–H groups in total. The van der Waals surface area contributed by atoms with E-state index in [2.05, 4.69) is 11.9 Å². The highest BCUT2D eigenvalue weighted by Gasteiger charge is 2.25. The summed E-state index contributed by atoms with van der Waals surface area (Å²) in [6, 6.07) is 0. The van der Waals surface area contributed by atoms with E-state index < -0.39 is 5.60 Å². The third-order valence-electron chi connectivity index (χ3n) is 2.42. The Bertz CT molecular complexity index is 148. The van der Waals surface area contributed by atoms with Crippen LogP contribution in [-0.4, -0.2) is 23.0 Å². The maximum absolute atomic E-state index is 9.99. The van der Waals surface area contributed by atoms with Gasteiger partial charge in [0.15, 0.2) is 0 Å². The lowest BCUT2D eigenvalue weighted by Crippen LogP contribution is -2.35. The minimum atomic E-state index is -0.658. The first kappa shape index (κ1) is 11.6. The molecule has 12 heavy (non-hydrogen) atoms. The van der Waals surface area contributed by atoms with Crippen LogP contribution in [0.5, 0.6) is 0 Å². The Morgan fingerprint density at radius 3 is 2.08 bits per heavy atom. The summed E-state index contributed by atoms with van der Waals surface area (Å²) in [7, 11) is 0. The summed E-state index contributed by atoms with van der Waals surface area (Å²) in [6.07, 6.45) is 2.55. The third-order valence-corrected chi connectivity index (χ3v) is 2.42. The minimum Gasteiger partial charge on any atom is -0.384 e. The van der Waals surface area contributed by atoms with Crippen LogP contribution in [0.15, 0.2) is 4.99 Å². The molecule has 2 nitrogen and oxygen atoms in total. The zero-order valence-electron chi connectivity index (χ0n) is 8.72. The molecule has 0 aliphatic carbocycles. The van der Waals surface area contributed by atoms with Gasteiger partial charge >= 0.3 is 0 Å². The van der Waals surface area contributed by atoms with E-state index >= 15 is 0 Å². The van der Waals surface area contributed by atoms with Crippen molar-refractivity contribution in [1.82, 2.24) is 0 Å². The summed E-state index contributed by atoms with van der Waals surface area (Å²) in [4.78, 5) is 4.32. The summed E-state index contributed by atoms with van der Waals surface area (Å²) in [5.41, 5.74) is 0.226. The van der Waals surface area contributed by atoms with Crippen molar-refractivity contribution in [3.63, 3.8) is 0 Å². The highest BCUT2D eigenvalue weighted by atomic mass is 16.3. The largest absolute Gasteiger partial charge is 0.384 e. The maximum atomic E-state index is 9.99. The van der Waals surface area contributed by atoms with E-state index in [4.69, 9.17) is 0 Å². The number of nitrogens with zero attached hydrogens (tertiary/aromatic N) is 1. The zero-order valence-corrected chi connectivity index (χ0v) is 8.72. The molecule has 2 heteroatoms. The smallest absolute Gasteiger partial charge is 0.101 e. The first-order valence-electron chi connectivity index (χ1n) is 4.84. The fourth-order valence-corrected chi connectivity index (χ4v) is 1.19. The molecule has 0 unspecified atom stereocenters. The molecule has 0 aromatic heterocycles. The molecule has 0 bridgehead atoms. The summed E-state index contributed by atoms with van der Waals surface area (Å²) < 4.78 is 0. The van der Waals surface area contributed by atoms with Crippen LogP contribution in [0.4, 0.5) is 0 Å². The number of aliphatic imine (C=N–C) groups is 1. The Kier molecular flexibility index (Phi) is 5.14. The van der Waals surface area contributed by atoms with Gasteiger partial charge in [0.25, 0.3) is 0 Å². The van der Waals surface area contributed by atoms with Crippen molar-refractivity contribution >= 4 is 5.71 Å². The fourth-order valence-electron chi connectivity index (χ4n) is 1.19. The van der Waals surface area contributed by atoms with Crippen molar-refractivity contribution in [3.8, 4) is 0 Å². The van der Waals surface area contributed by atoms with Gasteiger partial charge < -0.3 is 5.11 Å². The molecule has 0 saturated carbocycles. The topological polar surface area (TPSA) is 32.6 Å². The van der Waals surface area contributed by atoms with E-state index in [1.54, 1.807) is 0 Å². The summed E-state index contributed by atoms with van der Waals surface area (Å²) in [5, 5.41) is 9.99. The van der Waals surface area contributed by atoms with E-state index in [0.717, 1.165) is 31.5 Å². The van der Waals surface area contributed by atoms with E-state index in [1.165, 1.54) is 0 Å². The van der Waals surface area contributed by atoms with E-state index in [0.29, 0.717) is 0 Å². The fraction of sp³-hybridized carbons (Fsp3) is 0.900. The molecule has 0 amide bonds. The summed E-state index contributed by atoms with van der Waals surface area (Å²) in [5.74, 6) is 0. The highest BCUT2D eigenvalue weighted by Crippen LogP contribution is 2.16. The van der Waals surface area contributed by atoms with Crippen LogP contribution >= 0.6 is 0 Å². The number of aliphatic hydroxyl groups is 1. The molecular weight excluding hydrogens is 150 g/mol. The molecule has 0 saturated heterocycles. The lowest BCUT2D eigenvalue weighted by Gasteiger charge is -2.25. The summed E-state index contributed by atoms with van der Waals surface area (Å²) >= 11 is 0. The van der Waals surface area contributed by atoms with Crippen LogP contribution < -0.4 is 0 Å². The van der Waals surface area contributed by atoms with Crippen LogP contribution in [0.25, 0.3) is 0 Å². The second-order valence-corrected chi connectivity index (χ2v) is 3.21. The molecule has 72 valence electrons. The van der Waals surface area contributed by atoms with Gasteiger partial charge in [-0.3, -0.25) is 4.99 Å². The van der Waals surface area contributed by atoms with Gasteiger partial charge in [0.2, 0.25) is 0 Å². The molecule has 0 atom stereocenters. The normalized spacial score (nSPS) is 13.6. The van der Waals surface area contributed by atoms with Gasteiger partial charge in [0.05, 0.1) is 0 Å². The van der Waals surface area contributed by atoms with Crippen LogP contribution in [-0.2, 0) is 0 Å². The van der Waals surface area contributed by atoms with Crippen LogP contribution in [0.3, 0.4) is 0 Å². The molecule has 0 spiro atoms. The van der Waals surface area contributed by atoms with Crippen molar-refractivity contribution in [2.45, 2.75) is 52.6 Å². The molecule has 0 aliphatic heterocycles. The molecule has 0 aromatic carbocycles. The average Bonchev–Trinajstić information content (AvgIpc) is 2.12. The number of rotatable bonds is 5. The van der Waals surface area contributed by atoms with Crippen LogP contribution in [0.1, 0.15) is 47.0 Å². The Hall–Kier alpha value is -0.370. The van der Waals surface area contributed by atoms with Crippen LogP contribution in [0.2, 0.25) is 0 Å². The van der Waals surface area contributed by atoms with Crippen molar-refractivity contribution in [1.29, 1.82) is 0 Å². The number of hydrogen-bond donors (Lipinski definition) is 1. The quantitative estimate of drug-likeness (QED) is 0.633. The van der Waals surface area contributed by atoms with E-state index in [1.807, 2.05) is 20.8 Å². The van der Waals surface area contributed by atoms with Gasteiger partial charge in [-0.25, -0.2) is 0 Å². The lowest BCUT2D eigenvalue weighted by atomic mass is 9.92. The van der Waals surface area contributed by atoms with Crippen molar-refractivity contribution in [2.24, 2.45) is 4.99 Å². The van der Waals surface area contributed by atoms with Gasteiger partial charge in [-0.05, 0) is 26.2 Å². The van der Waals surface area contributed by atoms with Gasteiger partial charge in [-0.2, -0.15) is 0 Å². The standard InChI is InChI=1S/C10H21NO/c1-5-8-11-9(4)10(12,6-2)7-3/h12H,5-8H2,1-4H3. The SMILES string of the molecule is CCCN=C(C)C(O)(CC)CC. The van der Waals surface area contributed by atoms with Crippen molar-refractivity contribution in [2.75, 3.05) is 6.54 Å². The molecule has 0 aromatic rings. The summed E-state index contributed by atoms with van der Waals surface area (Å²) in [6.45, 7) is 8.83. The predicted octanol–water partition coefficient (Wildman–Crippen LogP) is 2.41. The monoisotopic (exact) mass is 171 g/mol. The highest BCUT2D eigenvalue weighted by molar-refractivity contribution is 5.90. The molecule has 0 fully saturated rings. The van der Waals surface area contributed by atoms with Crippen molar-refractivity contribution in [3.05, 3.63) is 0 Å². The first-order chi connectivity index (χ1) is 5.60. The minimum absolute atomic E-state index is 0.658. The van der Waals surface area contributed by atoms with Crippen LogP contribution in [0, 0.1) is 0 Å². The lowest BCUT2D eigenvalue weighted by molar-refractivity contribution is 0.103. The molecular formula is C10H21NO. The van der Waals surface area contributed by atoms with Crippen molar-refractivity contribution < 1.29 is 5.11 Å². The molecule has 0 aliphatic rings. The van der Waals surface area contributed by atoms with Gasteiger partial charge in [-0.1, -0.05) is 20.8 Å². The molecule has 0 radical (unpaired) electrons. The second-order valence-electron chi connectivity index (χ2n) is 3.21. The molecule has 0 heterocycles. The Morgan fingerprint density at radius 1 is 1.25 bits per heavy atom. The zero-order chi connectivity index (χ0) is 9.61. The Labute approximate surface area is 75.7 Å². The number of hydrogen-bond acceptors (Lipinski definition) is 2.